The van der Waals surface area contributed by atoms with E-state index in [0.717, 1.165) is 77.7 Å². The number of fused-ring (bicyclic) bond motifs is 2. The molecule has 8 atom stereocenters. The molecule has 0 saturated carbocycles. The van der Waals surface area contributed by atoms with Crippen molar-refractivity contribution >= 4 is 60.1 Å². The number of benzene rings is 4. The molecule has 8 rings (SSSR count). The number of unbranched alkanes of at least 4 members (excludes halogenated alkanes) is 3. The average molecular weight is 1450 g/mol. The van der Waals surface area contributed by atoms with Crippen LogP contribution in [-0.4, -0.2) is 192 Å². The van der Waals surface area contributed by atoms with Gasteiger partial charge in [-0.05, 0) is 162 Å². The Morgan fingerprint density at radius 3 is 1.13 bits per heavy atom. The molecule has 0 N–H and O–H groups in total. The SMILES string of the molecule is C=C(C)C(=O)OCCCCCCOc1ccc(/C=C/C(=O)O[C@@H]2CO[C@@H]3C(OC(=O)/C=C/c4ccc(C(C)(C)OCCCOCCCOC)cc4)CO[C@@H]32)cc1.C=C(C)C(=O)OCCOc1ccc(/C=C/C(=O)O[C@@H]2CO[C@@H]3C(OC(=O)/C=C/c4ccc(C(C)(C)OCOCOC)cc4)CO[C@@H]32)cc1. The van der Waals surface area contributed by atoms with Crippen LogP contribution in [0.1, 0.15) is 113 Å². The first-order valence-electron chi connectivity index (χ1n) is 34.9. The minimum absolute atomic E-state index is 0.0956. The van der Waals surface area contributed by atoms with Gasteiger partial charge in [-0.15, -0.1) is 0 Å². The fourth-order valence-corrected chi connectivity index (χ4v) is 10.8. The highest BCUT2D eigenvalue weighted by Gasteiger charge is 2.52. The van der Waals surface area contributed by atoms with Crippen LogP contribution >= 0.6 is 0 Å². The molecule has 0 spiro atoms. The van der Waals surface area contributed by atoms with Crippen molar-refractivity contribution in [3.05, 3.63) is 179 Å². The van der Waals surface area contributed by atoms with Crippen molar-refractivity contribution < 1.29 is 114 Å². The quantitative estimate of drug-likeness (QED) is 0.0131. The summed E-state index contributed by atoms with van der Waals surface area (Å²) in [7, 11) is 3.23. The molecule has 104 heavy (non-hydrogen) atoms. The summed E-state index contributed by atoms with van der Waals surface area (Å²) in [5.41, 5.74) is 4.86. The molecule has 0 aliphatic carbocycles. The summed E-state index contributed by atoms with van der Waals surface area (Å²) < 4.78 is 99.8. The van der Waals surface area contributed by atoms with E-state index in [1.165, 1.54) is 24.3 Å². The van der Waals surface area contributed by atoms with E-state index in [1.54, 1.807) is 76.6 Å². The zero-order valence-corrected chi connectivity index (χ0v) is 60.8. The number of hydrogen-bond donors (Lipinski definition) is 0. The summed E-state index contributed by atoms with van der Waals surface area (Å²) in [6.07, 6.45) is 12.7. The normalized spacial score (nSPS) is 19.8. The van der Waals surface area contributed by atoms with Crippen molar-refractivity contribution in [3.8, 4) is 11.5 Å². The van der Waals surface area contributed by atoms with E-state index in [2.05, 4.69) is 13.2 Å². The van der Waals surface area contributed by atoms with Crippen LogP contribution in [0.15, 0.2) is 146 Å². The minimum Gasteiger partial charge on any atom is -0.494 e. The maximum Gasteiger partial charge on any atom is 0.333 e. The second-order valence-corrected chi connectivity index (χ2v) is 25.8. The molecular weight excluding hydrogens is 1340 g/mol. The Morgan fingerprint density at radius 1 is 0.394 bits per heavy atom. The Balaban J connectivity index is 0.000000294. The predicted molar refractivity (Wildman–Crippen MR) is 384 cm³/mol. The monoisotopic (exact) mass is 1440 g/mol. The van der Waals surface area contributed by atoms with Gasteiger partial charge >= 0.3 is 35.8 Å². The summed E-state index contributed by atoms with van der Waals surface area (Å²) in [4.78, 5) is 73.2. The first-order chi connectivity index (χ1) is 50.1. The van der Waals surface area contributed by atoms with Crippen molar-refractivity contribution in [2.24, 2.45) is 0 Å². The Kier molecular flexibility index (Phi) is 34.6. The van der Waals surface area contributed by atoms with Gasteiger partial charge in [-0.2, -0.15) is 0 Å². The summed E-state index contributed by atoms with van der Waals surface area (Å²) >= 11 is 0. The number of ether oxygens (including phenoxy) is 18. The number of hydrogen-bond acceptors (Lipinski definition) is 24. The van der Waals surface area contributed by atoms with Crippen LogP contribution in [0.3, 0.4) is 0 Å². The highest BCUT2D eigenvalue weighted by molar-refractivity contribution is 5.90. The molecule has 0 amide bonds. The average Bonchev–Trinajstić information content (AvgIpc) is 1.65. The second-order valence-electron chi connectivity index (χ2n) is 25.8. The van der Waals surface area contributed by atoms with E-state index < -0.39 is 89.9 Å². The molecule has 4 fully saturated rings. The zero-order valence-electron chi connectivity index (χ0n) is 60.8. The van der Waals surface area contributed by atoms with Crippen molar-refractivity contribution in [2.45, 2.75) is 140 Å². The van der Waals surface area contributed by atoms with Gasteiger partial charge in [-0.1, -0.05) is 86.0 Å². The number of methoxy groups -OCH3 is 2. The van der Waals surface area contributed by atoms with E-state index in [9.17, 15) is 28.8 Å². The summed E-state index contributed by atoms with van der Waals surface area (Å²) in [6.45, 7) is 22.9. The Hall–Kier alpha value is -8.66. The lowest BCUT2D eigenvalue weighted by Gasteiger charge is -2.26. The van der Waals surface area contributed by atoms with E-state index in [0.29, 0.717) is 56.5 Å². The van der Waals surface area contributed by atoms with Gasteiger partial charge in [0.2, 0.25) is 0 Å². The van der Waals surface area contributed by atoms with Gasteiger partial charge in [0.15, 0.2) is 31.2 Å². The van der Waals surface area contributed by atoms with Gasteiger partial charge in [0.05, 0.1) is 50.8 Å². The molecule has 564 valence electrons. The van der Waals surface area contributed by atoms with E-state index in [-0.39, 0.29) is 59.2 Å². The van der Waals surface area contributed by atoms with Gasteiger partial charge in [-0.3, -0.25) is 0 Å². The third kappa shape index (κ3) is 28.4. The molecule has 24 heteroatoms. The van der Waals surface area contributed by atoms with Crippen LogP contribution in [0.5, 0.6) is 11.5 Å². The molecule has 4 aromatic rings. The second kappa shape index (κ2) is 43.6. The first kappa shape index (κ1) is 82.6. The topological polar surface area (TPSA) is 269 Å². The number of rotatable bonds is 42. The molecule has 4 saturated heterocycles. The number of carbonyl (C=O) groups is 6. The Bertz CT molecular complexity index is 3480. The molecule has 0 aromatic heterocycles. The molecule has 4 aromatic carbocycles. The maximum atomic E-state index is 12.7. The highest BCUT2D eigenvalue weighted by Crippen LogP contribution is 2.34. The number of esters is 6. The third-order valence-corrected chi connectivity index (χ3v) is 16.7. The Labute approximate surface area is 609 Å². The van der Waals surface area contributed by atoms with Crippen LogP contribution in [0.2, 0.25) is 0 Å². The summed E-state index contributed by atoms with van der Waals surface area (Å²) in [5.74, 6) is -1.63. The molecule has 0 radical (unpaired) electrons. The van der Waals surface area contributed by atoms with Gasteiger partial charge < -0.3 is 85.3 Å². The van der Waals surface area contributed by atoms with E-state index >= 15 is 0 Å². The zero-order chi connectivity index (χ0) is 74.7. The van der Waals surface area contributed by atoms with Gasteiger partial charge in [0.1, 0.15) is 55.9 Å². The smallest absolute Gasteiger partial charge is 0.333 e. The van der Waals surface area contributed by atoms with Crippen LogP contribution in [0.4, 0.5) is 0 Å². The first-order valence-corrected chi connectivity index (χ1v) is 34.9. The minimum atomic E-state index is -0.639. The largest absolute Gasteiger partial charge is 0.494 e. The molecule has 24 nitrogen and oxygen atoms in total. The standard InChI is InChI=1S/C44H58O12.C36H42O12/c1-32(2)43(47)51-28-9-7-6-8-27-50-36-20-14-34(15-21-36)17-23-40(46)56-38-31-53-41-37(30-52-42(38)41)55-39(45)22-16-33-12-18-35(19-13-33)44(3,4)54-29-11-26-49-25-10-24-48-5;1-24(2)35(39)43-19-18-42-28-14-8-26(9-15-28)11-17-32(38)48-30-21-45-33-29(20-44-34(30)33)47-31(37)16-10-25-6-12-27(13-7-25)36(3,4)46-23-41-22-40-5/h12-23,37-38,41-42H,1,6-11,24-31H2,2-5H3;6-17,29-30,33-34H,1,18-23H2,2-5H3/b22-16+,23-17+;16-10+,17-11+/t37?,38-,41-,42-;29?,30-,33-,34-/m11/s1. The van der Waals surface area contributed by atoms with Gasteiger partial charge in [0.25, 0.3) is 0 Å². The maximum absolute atomic E-state index is 12.7. The lowest BCUT2D eigenvalue weighted by molar-refractivity contribution is -0.168. The summed E-state index contributed by atoms with van der Waals surface area (Å²) in [5, 5.41) is 0. The van der Waals surface area contributed by atoms with Crippen molar-refractivity contribution in [1.29, 1.82) is 0 Å². The van der Waals surface area contributed by atoms with E-state index in [1.807, 2.05) is 100 Å². The highest BCUT2D eigenvalue weighted by atomic mass is 16.7. The van der Waals surface area contributed by atoms with Crippen LogP contribution in [-0.2, 0) is 116 Å². The molecule has 4 aliphatic rings. The predicted octanol–water partition coefficient (Wildman–Crippen LogP) is 11.1. The molecule has 0 bridgehead atoms. The lowest BCUT2D eigenvalue weighted by atomic mass is 9.97. The lowest BCUT2D eigenvalue weighted by Crippen LogP contribution is -2.35. The summed E-state index contributed by atoms with van der Waals surface area (Å²) in [6, 6.07) is 29.8. The Morgan fingerprint density at radius 2 is 0.750 bits per heavy atom. The van der Waals surface area contributed by atoms with Crippen molar-refractivity contribution in [1.82, 2.24) is 0 Å². The third-order valence-electron chi connectivity index (χ3n) is 16.7. The fourth-order valence-electron chi connectivity index (χ4n) is 10.8. The van der Waals surface area contributed by atoms with Crippen molar-refractivity contribution in [3.63, 3.8) is 0 Å². The van der Waals surface area contributed by atoms with Crippen LogP contribution in [0, 0.1) is 0 Å². The molecule has 4 heterocycles. The number of carbonyl (C=O) groups excluding carboxylic acids is 6. The van der Waals surface area contributed by atoms with Crippen LogP contribution in [0.25, 0.3) is 24.3 Å². The van der Waals surface area contributed by atoms with Gasteiger partial charge in [0, 0.05) is 76.1 Å². The molecule has 2 unspecified atom stereocenters. The molecule has 4 aliphatic heterocycles. The molecular formula is C80H100O24. The van der Waals surface area contributed by atoms with Crippen LogP contribution < -0.4 is 9.47 Å². The van der Waals surface area contributed by atoms with E-state index in [4.69, 9.17) is 85.3 Å². The fraction of sp³-hybridized carbons (Fsp3) is 0.475. The van der Waals surface area contributed by atoms with Crippen molar-refractivity contribution in [2.75, 3.05) is 107 Å². The van der Waals surface area contributed by atoms with Gasteiger partial charge in [-0.25, -0.2) is 28.8 Å².